The summed E-state index contributed by atoms with van der Waals surface area (Å²) in [6.07, 6.45) is 2.10. The Morgan fingerprint density at radius 2 is 2.18 bits per heavy atom. The number of benzene rings is 1. The molecule has 2 amide bonds. The number of hydrogen-bond acceptors (Lipinski definition) is 4. The highest BCUT2D eigenvalue weighted by Crippen LogP contribution is 2.18. The molecule has 1 aliphatic rings. The van der Waals surface area contributed by atoms with Crippen molar-refractivity contribution in [2.24, 2.45) is 0 Å². The average molecular weight is 300 g/mol. The molecule has 2 N–H and O–H groups in total. The fourth-order valence-electron chi connectivity index (χ4n) is 2.70. The molecule has 1 aromatic carbocycles. The quantitative estimate of drug-likeness (QED) is 0.852. The molecule has 6 nitrogen and oxygen atoms in total. The third kappa shape index (κ3) is 3.83. The van der Waals surface area contributed by atoms with Crippen molar-refractivity contribution in [2.45, 2.75) is 25.3 Å². The molecule has 0 aromatic heterocycles. The Labute approximate surface area is 130 Å². The van der Waals surface area contributed by atoms with E-state index < -0.39 is 0 Å². The van der Waals surface area contributed by atoms with Gasteiger partial charge in [-0.25, -0.2) is 0 Å². The molecule has 1 heterocycles. The van der Waals surface area contributed by atoms with Crippen molar-refractivity contribution in [3.63, 3.8) is 0 Å². The van der Waals surface area contributed by atoms with Crippen LogP contribution < -0.4 is 10.6 Å². The first-order chi connectivity index (χ1) is 10.7. The molecule has 1 atom stereocenters. The van der Waals surface area contributed by atoms with Crippen molar-refractivity contribution < 1.29 is 9.59 Å². The maximum atomic E-state index is 12.0. The van der Waals surface area contributed by atoms with Crippen LogP contribution in [0.15, 0.2) is 24.3 Å². The summed E-state index contributed by atoms with van der Waals surface area (Å²) >= 11 is 0. The molecule has 22 heavy (non-hydrogen) atoms. The van der Waals surface area contributed by atoms with Gasteiger partial charge in [0.1, 0.15) is 6.07 Å². The van der Waals surface area contributed by atoms with Crippen molar-refractivity contribution in [3.05, 3.63) is 29.8 Å². The molecule has 0 spiro atoms. The van der Waals surface area contributed by atoms with Crippen molar-refractivity contribution in [1.82, 2.24) is 10.2 Å². The third-order valence-electron chi connectivity index (χ3n) is 3.86. The van der Waals surface area contributed by atoms with Crippen molar-refractivity contribution in [2.75, 3.05) is 25.5 Å². The minimum Gasteiger partial charge on any atom is -0.358 e. The van der Waals surface area contributed by atoms with Gasteiger partial charge in [0.15, 0.2) is 0 Å². The van der Waals surface area contributed by atoms with Gasteiger partial charge >= 0.3 is 0 Å². The maximum absolute atomic E-state index is 12.0. The summed E-state index contributed by atoms with van der Waals surface area (Å²) in [5, 5.41) is 14.4. The predicted molar refractivity (Wildman–Crippen MR) is 83.1 cm³/mol. The van der Waals surface area contributed by atoms with Crippen LogP contribution in [0.4, 0.5) is 5.69 Å². The van der Waals surface area contributed by atoms with Crippen LogP contribution in [0.2, 0.25) is 0 Å². The van der Waals surface area contributed by atoms with E-state index in [0.29, 0.717) is 24.2 Å². The topological polar surface area (TPSA) is 85.2 Å². The molecule has 6 heteroatoms. The van der Waals surface area contributed by atoms with Crippen LogP contribution >= 0.6 is 0 Å². The number of carbonyl (C=O) groups excluding carboxylic acids is 2. The summed E-state index contributed by atoms with van der Waals surface area (Å²) < 4.78 is 0. The van der Waals surface area contributed by atoms with E-state index in [1.807, 2.05) is 11.0 Å². The third-order valence-corrected chi connectivity index (χ3v) is 3.86. The number of anilines is 1. The number of amides is 2. The van der Waals surface area contributed by atoms with Crippen LogP contribution in [0.3, 0.4) is 0 Å². The van der Waals surface area contributed by atoms with E-state index in [2.05, 4.69) is 10.6 Å². The summed E-state index contributed by atoms with van der Waals surface area (Å²) in [6, 6.07) is 8.82. The van der Waals surface area contributed by atoms with Gasteiger partial charge in [-0.15, -0.1) is 0 Å². The second kappa shape index (κ2) is 7.57. The lowest BCUT2D eigenvalue weighted by Crippen LogP contribution is -2.42. The van der Waals surface area contributed by atoms with Crippen LogP contribution in [0.25, 0.3) is 0 Å². The molecule has 116 valence electrons. The first-order valence-corrected chi connectivity index (χ1v) is 7.40. The van der Waals surface area contributed by atoms with Gasteiger partial charge < -0.3 is 10.6 Å². The summed E-state index contributed by atoms with van der Waals surface area (Å²) in [4.78, 5) is 25.8. The lowest BCUT2D eigenvalue weighted by atomic mass is 10.2. The molecular weight excluding hydrogens is 280 g/mol. The van der Waals surface area contributed by atoms with E-state index in [0.717, 1.165) is 19.4 Å². The number of para-hydroxylation sites is 1. The Morgan fingerprint density at radius 3 is 2.91 bits per heavy atom. The van der Waals surface area contributed by atoms with E-state index in [1.165, 1.54) is 0 Å². The number of nitrogens with one attached hydrogen (secondary N) is 2. The fraction of sp³-hybridized carbons (Fsp3) is 0.438. The fourth-order valence-corrected chi connectivity index (χ4v) is 2.70. The van der Waals surface area contributed by atoms with E-state index in [-0.39, 0.29) is 17.9 Å². The monoisotopic (exact) mass is 300 g/mol. The predicted octanol–water partition coefficient (Wildman–Crippen LogP) is 1.10. The van der Waals surface area contributed by atoms with Crippen LogP contribution in [0.1, 0.15) is 24.8 Å². The zero-order valence-electron chi connectivity index (χ0n) is 12.6. The van der Waals surface area contributed by atoms with Crippen LogP contribution in [-0.2, 0) is 9.59 Å². The van der Waals surface area contributed by atoms with Gasteiger partial charge in [-0.2, -0.15) is 5.26 Å². The number of likely N-dealkylation sites (tertiary alicyclic amines) is 1. The normalized spacial score (nSPS) is 17.7. The summed E-state index contributed by atoms with van der Waals surface area (Å²) in [5.41, 5.74) is 0.972. The molecule has 0 unspecified atom stereocenters. The zero-order chi connectivity index (χ0) is 15.9. The molecule has 0 bridgehead atoms. The molecule has 0 saturated carbocycles. The largest absolute Gasteiger partial charge is 0.358 e. The van der Waals surface area contributed by atoms with Gasteiger partial charge in [-0.1, -0.05) is 12.1 Å². The number of nitrogens with zero attached hydrogens (tertiary/aromatic N) is 2. The van der Waals surface area contributed by atoms with Crippen LogP contribution in [0, 0.1) is 11.3 Å². The first-order valence-electron chi connectivity index (χ1n) is 7.40. The van der Waals surface area contributed by atoms with Crippen molar-refractivity contribution in [1.29, 1.82) is 5.26 Å². The Morgan fingerprint density at radius 1 is 1.41 bits per heavy atom. The summed E-state index contributed by atoms with van der Waals surface area (Å²) in [6.45, 7) is 1.37. The molecular formula is C16H20N4O2. The molecule has 1 aromatic rings. The summed E-state index contributed by atoms with van der Waals surface area (Å²) in [7, 11) is 1.63. The molecule has 1 fully saturated rings. The molecule has 2 rings (SSSR count). The lowest BCUT2D eigenvalue weighted by Gasteiger charge is -2.22. The van der Waals surface area contributed by atoms with Gasteiger partial charge in [0, 0.05) is 20.0 Å². The molecule has 1 aliphatic heterocycles. The number of hydrogen-bond donors (Lipinski definition) is 2. The average Bonchev–Trinajstić information content (AvgIpc) is 3.01. The second-order valence-corrected chi connectivity index (χ2v) is 5.26. The molecule has 1 saturated heterocycles. The van der Waals surface area contributed by atoms with Gasteiger partial charge in [-0.05, 0) is 31.5 Å². The van der Waals surface area contributed by atoms with Gasteiger partial charge in [0.05, 0.1) is 17.3 Å². The Balaban J connectivity index is 1.88. The maximum Gasteiger partial charge on any atom is 0.237 e. The highest BCUT2D eigenvalue weighted by Gasteiger charge is 2.29. The highest BCUT2D eigenvalue weighted by molar-refractivity contribution is 5.92. The Bertz CT molecular complexity index is 594. The standard InChI is InChI=1S/C16H20N4O2/c1-18-16(22)14-7-4-9-20(14)10-8-15(21)19-13-6-3-2-5-12(13)11-17/h2-3,5-6,14H,4,7-10H2,1H3,(H,18,22)(H,19,21)/t14-/m0/s1. The van der Waals surface area contributed by atoms with Crippen molar-refractivity contribution >= 4 is 17.5 Å². The van der Waals surface area contributed by atoms with Gasteiger partial charge in [0.25, 0.3) is 0 Å². The number of rotatable bonds is 5. The molecule has 0 aliphatic carbocycles. The minimum atomic E-state index is -0.148. The lowest BCUT2D eigenvalue weighted by molar-refractivity contribution is -0.125. The Hall–Kier alpha value is -2.39. The van der Waals surface area contributed by atoms with Crippen LogP contribution in [-0.4, -0.2) is 42.9 Å². The highest BCUT2D eigenvalue weighted by atomic mass is 16.2. The number of likely N-dealkylation sites (N-methyl/N-ethyl adjacent to an activating group) is 1. The van der Waals surface area contributed by atoms with Crippen molar-refractivity contribution in [3.8, 4) is 6.07 Å². The van der Waals surface area contributed by atoms with E-state index in [9.17, 15) is 9.59 Å². The van der Waals surface area contributed by atoms with E-state index >= 15 is 0 Å². The van der Waals surface area contributed by atoms with E-state index in [1.54, 1.807) is 31.3 Å². The SMILES string of the molecule is CNC(=O)[C@@H]1CCCN1CCC(=O)Nc1ccccc1C#N. The van der Waals surface area contributed by atoms with Crippen LogP contribution in [0.5, 0.6) is 0 Å². The Kier molecular flexibility index (Phi) is 5.50. The van der Waals surface area contributed by atoms with Gasteiger partial charge in [0.2, 0.25) is 11.8 Å². The second-order valence-electron chi connectivity index (χ2n) is 5.26. The summed E-state index contributed by atoms with van der Waals surface area (Å²) in [5.74, 6) is -0.141. The zero-order valence-corrected chi connectivity index (χ0v) is 12.6. The first kappa shape index (κ1) is 16.0. The minimum absolute atomic E-state index is 0.00716. The smallest absolute Gasteiger partial charge is 0.237 e. The number of nitriles is 1. The van der Waals surface area contributed by atoms with Gasteiger partial charge in [-0.3, -0.25) is 14.5 Å². The molecule has 0 radical (unpaired) electrons. The number of carbonyl (C=O) groups is 2. The van der Waals surface area contributed by atoms with E-state index in [4.69, 9.17) is 5.26 Å².